The first-order valence-corrected chi connectivity index (χ1v) is 8.72. The topological polar surface area (TPSA) is 51.2 Å². The number of carbonyl (C=O) groups excluding carboxylic acids is 1. The molecule has 0 bridgehead atoms. The van der Waals surface area contributed by atoms with Gasteiger partial charge in [0.2, 0.25) is 0 Å². The van der Waals surface area contributed by atoms with E-state index in [1.165, 1.54) is 41.9 Å². The van der Waals surface area contributed by atoms with Crippen LogP contribution < -0.4 is 5.32 Å². The highest BCUT2D eigenvalue weighted by Crippen LogP contribution is 2.39. The lowest BCUT2D eigenvalue weighted by molar-refractivity contribution is 0.0607. The molecule has 0 fully saturated rings. The highest BCUT2D eigenvalue weighted by molar-refractivity contribution is 7.23. The molecule has 0 spiro atoms. The van der Waals surface area contributed by atoms with Crippen molar-refractivity contribution in [3.05, 3.63) is 53.2 Å². The van der Waals surface area contributed by atoms with Crippen LogP contribution in [0.1, 0.15) is 9.67 Å². The maximum Gasteiger partial charge on any atom is 0.350 e. The van der Waals surface area contributed by atoms with E-state index in [1.807, 2.05) is 24.3 Å². The van der Waals surface area contributed by atoms with E-state index in [-0.39, 0.29) is 5.82 Å². The molecule has 0 radical (unpaired) electrons. The number of hydrogen-bond donors (Lipinski definition) is 1. The first kappa shape index (κ1) is 15.0. The summed E-state index contributed by atoms with van der Waals surface area (Å²) in [5.74, 6) is -0.695. The van der Waals surface area contributed by atoms with Gasteiger partial charge in [0.25, 0.3) is 0 Å². The predicted octanol–water partition coefficient (Wildman–Crippen LogP) is 5.18. The van der Waals surface area contributed by atoms with Gasteiger partial charge in [0.1, 0.15) is 10.7 Å². The summed E-state index contributed by atoms with van der Waals surface area (Å²) >= 11 is 2.70. The van der Waals surface area contributed by atoms with Gasteiger partial charge < -0.3 is 10.1 Å². The SMILES string of the molecule is COC(=O)c1sc2ccccc2c1Nc1nc2ccc(F)cc2s1. The fourth-order valence-electron chi connectivity index (χ4n) is 2.46. The summed E-state index contributed by atoms with van der Waals surface area (Å²) in [5, 5.41) is 4.74. The molecular formula is C17H11FN2O2S2. The molecule has 0 aliphatic carbocycles. The van der Waals surface area contributed by atoms with E-state index in [0.717, 1.165) is 14.8 Å². The molecular weight excluding hydrogens is 347 g/mol. The number of ether oxygens (including phenoxy) is 1. The predicted molar refractivity (Wildman–Crippen MR) is 96.0 cm³/mol. The minimum atomic E-state index is -0.397. The number of fused-ring (bicyclic) bond motifs is 2. The molecule has 2 heterocycles. The number of nitrogens with one attached hydrogen (secondary N) is 1. The Morgan fingerprint density at radius 3 is 2.83 bits per heavy atom. The number of aromatic nitrogens is 1. The fraction of sp³-hybridized carbons (Fsp3) is 0.0588. The summed E-state index contributed by atoms with van der Waals surface area (Å²) < 4.78 is 20.0. The molecule has 0 aliphatic heterocycles. The van der Waals surface area contributed by atoms with Gasteiger partial charge in [-0.3, -0.25) is 0 Å². The smallest absolute Gasteiger partial charge is 0.350 e. The van der Waals surface area contributed by atoms with Gasteiger partial charge in [-0.25, -0.2) is 14.2 Å². The molecule has 0 aliphatic rings. The Bertz CT molecular complexity index is 1070. The lowest BCUT2D eigenvalue weighted by Gasteiger charge is -2.04. The molecule has 1 N–H and O–H groups in total. The van der Waals surface area contributed by atoms with Gasteiger partial charge in [0.15, 0.2) is 5.13 Å². The Labute approximate surface area is 144 Å². The van der Waals surface area contributed by atoms with Gasteiger partial charge in [-0.1, -0.05) is 29.5 Å². The minimum absolute atomic E-state index is 0.297. The molecule has 0 saturated carbocycles. The Kier molecular flexibility index (Phi) is 3.66. The average Bonchev–Trinajstić information content (AvgIpc) is 3.15. The lowest BCUT2D eigenvalue weighted by Crippen LogP contribution is -2.02. The Morgan fingerprint density at radius 1 is 1.17 bits per heavy atom. The van der Waals surface area contributed by atoms with Crippen LogP contribution >= 0.6 is 22.7 Å². The van der Waals surface area contributed by atoms with Crippen molar-refractivity contribution in [2.75, 3.05) is 12.4 Å². The highest BCUT2D eigenvalue weighted by atomic mass is 32.1. The average molecular weight is 358 g/mol. The fourth-order valence-corrected chi connectivity index (χ4v) is 4.44. The third-order valence-corrected chi connectivity index (χ3v) is 5.63. The van der Waals surface area contributed by atoms with E-state index < -0.39 is 5.97 Å². The van der Waals surface area contributed by atoms with Gasteiger partial charge in [-0.05, 0) is 24.3 Å². The van der Waals surface area contributed by atoms with Crippen LogP contribution in [-0.2, 0) is 4.74 Å². The van der Waals surface area contributed by atoms with E-state index in [1.54, 1.807) is 6.07 Å². The summed E-state index contributed by atoms with van der Waals surface area (Å²) in [6.07, 6.45) is 0. The van der Waals surface area contributed by atoms with E-state index >= 15 is 0 Å². The van der Waals surface area contributed by atoms with E-state index in [2.05, 4.69) is 10.3 Å². The zero-order valence-electron chi connectivity index (χ0n) is 12.5. The second kappa shape index (κ2) is 5.85. The molecule has 0 saturated heterocycles. The maximum absolute atomic E-state index is 13.3. The number of nitrogens with zero attached hydrogens (tertiary/aromatic N) is 1. The molecule has 4 nitrogen and oxygen atoms in total. The van der Waals surface area contributed by atoms with Gasteiger partial charge >= 0.3 is 5.97 Å². The molecule has 2 aromatic heterocycles. The lowest BCUT2D eigenvalue weighted by atomic mass is 10.2. The zero-order valence-corrected chi connectivity index (χ0v) is 14.1. The molecule has 120 valence electrons. The van der Waals surface area contributed by atoms with Crippen molar-refractivity contribution in [2.24, 2.45) is 0 Å². The minimum Gasteiger partial charge on any atom is -0.465 e. The number of benzene rings is 2. The number of methoxy groups -OCH3 is 1. The van der Waals surface area contributed by atoms with Crippen LogP contribution in [0.25, 0.3) is 20.3 Å². The van der Waals surface area contributed by atoms with Crippen LogP contribution in [0.5, 0.6) is 0 Å². The molecule has 7 heteroatoms. The number of hydrogen-bond acceptors (Lipinski definition) is 6. The first-order chi connectivity index (χ1) is 11.7. The van der Waals surface area contributed by atoms with Gasteiger partial charge in [0, 0.05) is 10.1 Å². The number of thiophene rings is 1. The first-order valence-electron chi connectivity index (χ1n) is 7.08. The van der Waals surface area contributed by atoms with Crippen molar-refractivity contribution in [2.45, 2.75) is 0 Å². The van der Waals surface area contributed by atoms with Crippen LogP contribution in [-0.4, -0.2) is 18.1 Å². The quantitative estimate of drug-likeness (QED) is 0.513. The van der Waals surface area contributed by atoms with E-state index in [4.69, 9.17) is 4.74 Å². The molecule has 24 heavy (non-hydrogen) atoms. The monoisotopic (exact) mass is 358 g/mol. The largest absolute Gasteiger partial charge is 0.465 e. The third-order valence-electron chi connectivity index (χ3n) is 3.55. The number of anilines is 2. The number of rotatable bonds is 3. The Balaban J connectivity index is 1.83. The summed E-state index contributed by atoms with van der Waals surface area (Å²) in [6, 6.07) is 12.2. The Hall–Kier alpha value is -2.51. The number of esters is 1. The van der Waals surface area contributed by atoms with Gasteiger partial charge in [0.05, 0.1) is 23.0 Å². The van der Waals surface area contributed by atoms with Crippen LogP contribution in [0.15, 0.2) is 42.5 Å². The van der Waals surface area contributed by atoms with Crippen LogP contribution in [0.4, 0.5) is 15.2 Å². The highest BCUT2D eigenvalue weighted by Gasteiger charge is 2.20. The van der Waals surface area contributed by atoms with Crippen molar-refractivity contribution < 1.29 is 13.9 Å². The summed E-state index contributed by atoms with van der Waals surface area (Å²) in [7, 11) is 1.36. The third kappa shape index (κ3) is 2.51. The van der Waals surface area contributed by atoms with Crippen LogP contribution in [0.2, 0.25) is 0 Å². The van der Waals surface area contributed by atoms with Crippen LogP contribution in [0.3, 0.4) is 0 Å². The molecule has 4 aromatic rings. The Morgan fingerprint density at radius 2 is 2.00 bits per heavy atom. The van der Waals surface area contributed by atoms with Crippen molar-refractivity contribution >= 4 is 59.8 Å². The van der Waals surface area contributed by atoms with Crippen molar-refractivity contribution in [1.82, 2.24) is 4.98 Å². The van der Waals surface area contributed by atoms with Crippen molar-refractivity contribution in [1.29, 1.82) is 0 Å². The zero-order chi connectivity index (χ0) is 16.7. The van der Waals surface area contributed by atoms with Gasteiger partial charge in [-0.2, -0.15) is 0 Å². The van der Waals surface area contributed by atoms with Crippen molar-refractivity contribution in [3.8, 4) is 0 Å². The molecule has 0 atom stereocenters. The number of halogens is 1. The maximum atomic E-state index is 13.3. The normalized spacial score (nSPS) is 11.1. The molecule has 4 rings (SSSR count). The summed E-state index contributed by atoms with van der Waals surface area (Å²) in [4.78, 5) is 17.0. The second-order valence-corrected chi connectivity index (χ2v) is 7.13. The standard InChI is InChI=1S/C17H11FN2O2S2/c1-22-16(21)15-14(10-4-2-3-5-12(10)23-15)20-17-19-11-7-6-9(18)8-13(11)24-17/h2-8H,1H3,(H,19,20). The number of thiazole rings is 1. The summed E-state index contributed by atoms with van der Waals surface area (Å²) in [5.41, 5.74) is 1.38. The van der Waals surface area contributed by atoms with E-state index in [0.29, 0.717) is 21.2 Å². The molecule has 2 aromatic carbocycles. The van der Waals surface area contributed by atoms with Gasteiger partial charge in [-0.15, -0.1) is 11.3 Å². The number of carbonyl (C=O) groups is 1. The second-order valence-electron chi connectivity index (χ2n) is 5.05. The van der Waals surface area contributed by atoms with E-state index in [9.17, 15) is 9.18 Å². The summed E-state index contributed by atoms with van der Waals surface area (Å²) in [6.45, 7) is 0. The van der Waals surface area contributed by atoms with Crippen LogP contribution in [0, 0.1) is 5.82 Å². The van der Waals surface area contributed by atoms with Crippen molar-refractivity contribution in [3.63, 3.8) is 0 Å². The molecule has 0 unspecified atom stereocenters. The molecule has 0 amide bonds.